The second-order valence-corrected chi connectivity index (χ2v) is 12.3. The van der Waals surface area contributed by atoms with E-state index >= 15 is 0 Å². The van der Waals surface area contributed by atoms with Crippen LogP contribution in [0.4, 0.5) is 0 Å². The van der Waals surface area contributed by atoms with Gasteiger partial charge in [-0.05, 0) is 53.8 Å². The fourth-order valence-electron chi connectivity index (χ4n) is 7.22. The number of unbranched alkanes of at least 4 members (excludes halogenated alkanes) is 9. The van der Waals surface area contributed by atoms with Crippen LogP contribution in [0.2, 0.25) is 0 Å². The summed E-state index contributed by atoms with van der Waals surface area (Å²) in [5.41, 5.74) is 7.92. The van der Waals surface area contributed by atoms with Crippen LogP contribution < -0.4 is 4.40 Å². The van der Waals surface area contributed by atoms with Gasteiger partial charge < -0.3 is 0 Å². The second-order valence-electron chi connectivity index (χ2n) is 12.3. The molecule has 0 aliphatic rings. The number of hydrogen-bond donors (Lipinski definition) is 0. The molecule has 0 fully saturated rings. The molecule has 42 heavy (non-hydrogen) atoms. The molecule has 0 aliphatic carbocycles. The number of aromatic nitrogens is 1. The molecule has 7 rings (SSSR count). The van der Waals surface area contributed by atoms with Crippen molar-refractivity contribution < 1.29 is 4.40 Å². The van der Waals surface area contributed by atoms with Crippen LogP contribution in [-0.2, 0) is 6.42 Å². The Balaban J connectivity index is 1.30. The summed E-state index contributed by atoms with van der Waals surface area (Å²) >= 11 is 0. The number of nitrogens with zero attached hydrogens (tertiary/aromatic N) is 1. The van der Waals surface area contributed by atoms with Gasteiger partial charge in [-0.3, -0.25) is 0 Å². The summed E-state index contributed by atoms with van der Waals surface area (Å²) in [4.78, 5) is 0. The van der Waals surface area contributed by atoms with Crippen molar-refractivity contribution in [2.24, 2.45) is 0 Å². The zero-order valence-corrected chi connectivity index (χ0v) is 25.0. The van der Waals surface area contributed by atoms with E-state index in [0.717, 1.165) is 6.42 Å². The first-order valence-electron chi connectivity index (χ1n) is 16.4. The van der Waals surface area contributed by atoms with Crippen molar-refractivity contribution in [2.75, 3.05) is 0 Å². The van der Waals surface area contributed by atoms with Crippen LogP contribution in [0.1, 0.15) is 76.7 Å². The predicted molar refractivity (Wildman–Crippen MR) is 182 cm³/mol. The van der Waals surface area contributed by atoms with E-state index < -0.39 is 0 Å². The molecule has 0 atom stereocenters. The Labute approximate surface area is 250 Å². The van der Waals surface area contributed by atoms with Gasteiger partial charge in [-0.25, -0.2) is 0 Å². The molecule has 0 amide bonds. The number of rotatable bonds is 12. The maximum atomic E-state index is 2.55. The van der Waals surface area contributed by atoms with Crippen molar-refractivity contribution in [2.45, 2.75) is 77.6 Å². The maximum Gasteiger partial charge on any atom is 0.227 e. The highest BCUT2D eigenvalue weighted by Gasteiger charge is 2.25. The highest BCUT2D eigenvalue weighted by atomic mass is 14.9. The summed E-state index contributed by atoms with van der Waals surface area (Å²) in [7, 11) is 0. The first-order valence-corrected chi connectivity index (χ1v) is 16.4. The molecule has 1 nitrogen and oxygen atoms in total. The highest BCUT2D eigenvalue weighted by molar-refractivity contribution is 6.21. The van der Waals surface area contributed by atoms with Crippen LogP contribution in [0.3, 0.4) is 0 Å². The largest absolute Gasteiger partial charge is 0.227 e. The van der Waals surface area contributed by atoms with Crippen LogP contribution >= 0.6 is 0 Å². The average molecular weight is 549 g/mol. The van der Waals surface area contributed by atoms with Crippen molar-refractivity contribution in [3.63, 3.8) is 0 Å². The summed E-state index contributed by atoms with van der Waals surface area (Å²) in [6.07, 6.45) is 14.9. The van der Waals surface area contributed by atoms with E-state index in [0.29, 0.717) is 0 Å². The lowest BCUT2D eigenvalue weighted by molar-refractivity contribution is -0.448. The molecule has 0 aliphatic heterocycles. The number of fused-ring (bicyclic) bond motifs is 6. The molecule has 0 bridgehead atoms. The molecule has 210 valence electrons. The third-order valence-electron chi connectivity index (χ3n) is 9.37. The van der Waals surface area contributed by atoms with Crippen LogP contribution in [0.25, 0.3) is 60.0 Å². The summed E-state index contributed by atoms with van der Waals surface area (Å²) in [6.45, 7) is 2.30. The Bertz CT molecular complexity index is 1860. The van der Waals surface area contributed by atoms with E-state index in [1.54, 1.807) is 0 Å². The summed E-state index contributed by atoms with van der Waals surface area (Å²) in [5, 5.41) is 8.12. The zero-order valence-electron chi connectivity index (χ0n) is 25.0. The molecule has 0 spiro atoms. The third kappa shape index (κ3) is 5.00. The quantitative estimate of drug-likeness (QED) is 0.0619. The highest BCUT2D eigenvalue weighted by Crippen LogP contribution is 2.37. The summed E-state index contributed by atoms with van der Waals surface area (Å²) < 4.78 is 2.55. The van der Waals surface area contributed by atoms with Gasteiger partial charge in [0.25, 0.3) is 0 Å². The lowest BCUT2D eigenvalue weighted by atomic mass is 9.92. The van der Waals surface area contributed by atoms with Gasteiger partial charge in [0.1, 0.15) is 0 Å². The lowest BCUT2D eigenvalue weighted by Crippen LogP contribution is -2.26. The van der Waals surface area contributed by atoms with Crippen molar-refractivity contribution in [1.29, 1.82) is 0 Å². The van der Waals surface area contributed by atoms with Crippen LogP contribution in [-0.4, -0.2) is 0 Å². The Morgan fingerprint density at radius 1 is 0.429 bits per heavy atom. The van der Waals surface area contributed by atoms with Crippen LogP contribution in [0.5, 0.6) is 0 Å². The number of benzene rings is 4. The van der Waals surface area contributed by atoms with E-state index in [4.69, 9.17) is 0 Å². The van der Waals surface area contributed by atoms with Gasteiger partial charge in [-0.1, -0.05) is 131 Å². The minimum Gasteiger partial charge on any atom is -0.152 e. The molecular formula is C41H42N+. The van der Waals surface area contributed by atoms with E-state index in [-0.39, 0.29) is 0 Å². The molecule has 1 heteroatoms. The van der Waals surface area contributed by atoms with Gasteiger partial charge in [-0.15, -0.1) is 0 Å². The van der Waals surface area contributed by atoms with Gasteiger partial charge in [-0.2, -0.15) is 4.40 Å². The van der Waals surface area contributed by atoms with E-state index in [2.05, 4.69) is 114 Å². The molecule has 0 radical (unpaired) electrons. The minimum atomic E-state index is 1.15. The van der Waals surface area contributed by atoms with Crippen molar-refractivity contribution in [3.05, 3.63) is 109 Å². The molecule has 3 aromatic heterocycles. The molecule has 0 N–H and O–H groups in total. The maximum absolute atomic E-state index is 2.55. The van der Waals surface area contributed by atoms with Crippen molar-refractivity contribution >= 4 is 48.9 Å². The summed E-state index contributed by atoms with van der Waals surface area (Å²) in [6, 6.07) is 38.7. The predicted octanol–water partition coefficient (Wildman–Crippen LogP) is 11.6. The monoisotopic (exact) mass is 548 g/mol. The molecule has 4 aromatic carbocycles. The van der Waals surface area contributed by atoms with Gasteiger partial charge >= 0.3 is 0 Å². The first kappa shape index (κ1) is 26.9. The topological polar surface area (TPSA) is 4.10 Å². The lowest BCUT2D eigenvalue weighted by Gasteiger charge is -2.14. The Morgan fingerprint density at radius 2 is 0.905 bits per heavy atom. The van der Waals surface area contributed by atoms with E-state index in [1.807, 2.05) is 0 Å². The van der Waals surface area contributed by atoms with Gasteiger partial charge in [0.2, 0.25) is 16.6 Å². The molecule has 7 aromatic rings. The molecule has 0 saturated carbocycles. The Kier molecular flexibility index (Phi) is 7.75. The van der Waals surface area contributed by atoms with E-state index in [9.17, 15) is 0 Å². The van der Waals surface area contributed by atoms with Gasteiger partial charge in [0.15, 0.2) is 0 Å². The normalized spacial score (nSPS) is 12.0. The minimum absolute atomic E-state index is 1.15. The summed E-state index contributed by atoms with van der Waals surface area (Å²) in [5.74, 6) is 0. The van der Waals surface area contributed by atoms with Crippen molar-refractivity contribution in [3.8, 4) is 11.1 Å². The standard InChI is InChI=1S/C41H42N/c1-2-3-4-5-6-7-8-9-10-12-19-30-26-37-33-22-15-17-24-35(33)39-28-32(31-20-13-11-14-21-31)29-40-36-25-18-16-23-34(36)38(27-30)41(37)42(39)40/h11,13-18,20-29H,2-10,12,19H2,1H3/q+1. The smallest absolute Gasteiger partial charge is 0.152 e. The van der Waals surface area contributed by atoms with Crippen LogP contribution in [0.15, 0.2) is 103 Å². The van der Waals surface area contributed by atoms with Gasteiger partial charge in [0.05, 0.1) is 21.5 Å². The SMILES string of the molecule is CCCCCCCCCCCCc1cc2c3ccccc3c3cc(-c4ccccc4)cc4c5ccccc5c(c1)c2[n+]34. The first-order chi connectivity index (χ1) is 20.8. The van der Waals surface area contributed by atoms with Gasteiger partial charge in [0, 0.05) is 22.9 Å². The van der Waals surface area contributed by atoms with E-state index in [1.165, 1.54) is 130 Å². The zero-order chi connectivity index (χ0) is 28.3. The Morgan fingerprint density at radius 3 is 1.45 bits per heavy atom. The van der Waals surface area contributed by atoms with Crippen LogP contribution in [0, 0.1) is 0 Å². The molecular weight excluding hydrogens is 506 g/mol. The molecule has 3 heterocycles. The molecule has 0 unspecified atom stereocenters. The van der Waals surface area contributed by atoms with Crippen molar-refractivity contribution in [1.82, 2.24) is 0 Å². The number of pyridine rings is 3. The number of hydrogen-bond acceptors (Lipinski definition) is 0. The Hall–Kier alpha value is -3.97. The molecule has 0 saturated heterocycles. The number of aryl methyl sites for hydroxylation is 1. The fourth-order valence-corrected chi connectivity index (χ4v) is 7.22. The third-order valence-corrected chi connectivity index (χ3v) is 9.37. The average Bonchev–Trinajstić information content (AvgIpc) is 3.05. The second kappa shape index (κ2) is 12.1. The fraction of sp³-hybridized carbons (Fsp3) is 0.293.